The summed E-state index contributed by atoms with van der Waals surface area (Å²) in [6.07, 6.45) is 0.927. The second-order valence-corrected chi connectivity index (χ2v) is 3.98. The molecule has 0 spiro atoms. The van der Waals surface area contributed by atoms with Crippen LogP contribution in [-0.2, 0) is 6.42 Å². The molecule has 88 valence electrons. The quantitative estimate of drug-likeness (QED) is 0.900. The van der Waals surface area contributed by atoms with E-state index in [4.69, 9.17) is 16.0 Å². The monoisotopic (exact) mass is 249 g/mol. The molecule has 1 aromatic carbocycles. The van der Waals surface area contributed by atoms with Crippen LogP contribution in [0.15, 0.2) is 40.8 Å². The standard InChI is InChI=1S/C13H12ClNO2/c1-2-9-4-3-5-10(8-9)15-13(16)11-6-7-12(14)17-11/h3-8H,2H2,1H3,(H,15,16). The highest BCUT2D eigenvalue weighted by atomic mass is 35.5. The number of hydrogen-bond donors (Lipinski definition) is 1. The van der Waals surface area contributed by atoms with Crippen LogP contribution in [0.3, 0.4) is 0 Å². The third-order valence-corrected chi connectivity index (χ3v) is 2.59. The van der Waals surface area contributed by atoms with E-state index < -0.39 is 0 Å². The van der Waals surface area contributed by atoms with Gasteiger partial charge in [-0.3, -0.25) is 4.79 Å². The van der Waals surface area contributed by atoms with Crippen LogP contribution >= 0.6 is 11.6 Å². The van der Waals surface area contributed by atoms with E-state index in [2.05, 4.69) is 12.2 Å². The Hall–Kier alpha value is -1.74. The Morgan fingerprint density at radius 1 is 1.35 bits per heavy atom. The van der Waals surface area contributed by atoms with Crippen molar-refractivity contribution in [3.63, 3.8) is 0 Å². The lowest BCUT2D eigenvalue weighted by Gasteiger charge is -2.04. The first-order valence-corrected chi connectivity index (χ1v) is 5.72. The maximum atomic E-state index is 11.8. The first-order valence-electron chi connectivity index (χ1n) is 5.34. The summed E-state index contributed by atoms with van der Waals surface area (Å²) in [5.41, 5.74) is 1.92. The maximum absolute atomic E-state index is 11.8. The Labute approximate surface area is 104 Å². The Morgan fingerprint density at radius 3 is 2.82 bits per heavy atom. The third kappa shape index (κ3) is 2.88. The molecule has 1 heterocycles. The van der Waals surface area contributed by atoms with Crippen molar-refractivity contribution < 1.29 is 9.21 Å². The molecule has 0 atom stereocenters. The Balaban J connectivity index is 2.12. The fourth-order valence-corrected chi connectivity index (χ4v) is 1.64. The number of aryl methyl sites for hydroxylation is 1. The highest BCUT2D eigenvalue weighted by Gasteiger charge is 2.10. The molecule has 0 unspecified atom stereocenters. The summed E-state index contributed by atoms with van der Waals surface area (Å²) in [6, 6.07) is 10.8. The van der Waals surface area contributed by atoms with Gasteiger partial charge in [0.05, 0.1) is 0 Å². The van der Waals surface area contributed by atoms with Gasteiger partial charge in [0.1, 0.15) is 0 Å². The number of nitrogens with one attached hydrogen (secondary N) is 1. The van der Waals surface area contributed by atoms with Crippen LogP contribution in [0.5, 0.6) is 0 Å². The summed E-state index contributed by atoms with van der Waals surface area (Å²) in [6.45, 7) is 2.06. The summed E-state index contributed by atoms with van der Waals surface area (Å²) < 4.78 is 5.03. The van der Waals surface area contributed by atoms with E-state index in [0.29, 0.717) is 0 Å². The zero-order valence-corrected chi connectivity index (χ0v) is 10.1. The molecule has 0 aliphatic heterocycles. The molecule has 0 aliphatic rings. The number of benzene rings is 1. The van der Waals surface area contributed by atoms with Crippen LogP contribution in [-0.4, -0.2) is 5.91 Å². The molecule has 0 saturated carbocycles. The number of anilines is 1. The van der Waals surface area contributed by atoms with E-state index in [1.807, 2.05) is 24.3 Å². The van der Waals surface area contributed by atoms with Crippen molar-refractivity contribution in [1.82, 2.24) is 0 Å². The third-order valence-electron chi connectivity index (χ3n) is 2.39. The Morgan fingerprint density at radius 2 is 2.18 bits per heavy atom. The zero-order valence-electron chi connectivity index (χ0n) is 9.37. The van der Waals surface area contributed by atoms with Gasteiger partial charge in [-0.1, -0.05) is 19.1 Å². The maximum Gasteiger partial charge on any atom is 0.291 e. The van der Waals surface area contributed by atoms with Crippen molar-refractivity contribution in [2.75, 3.05) is 5.32 Å². The molecule has 17 heavy (non-hydrogen) atoms. The molecular weight excluding hydrogens is 238 g/mol. The van der Waals surface area contributed by atoms with Gasteiger partial charge in [-0.2, -0.15) is 0 Å². The molecule has 1 aromatic heterocycles. The average molecular weight is 250 g/mol. The highest BCUT2D eigenvalue weighted by Crippen LogP contribution is 2.16. The van der Waals surface area contributed by atoms with Crippen LogP contribution in [0.4, 0.5) is 5.69 Å². The lowest BCUT2D eigenvalue weighted by atomic mass is 10.1. The molecule has 1 amide bonds. The molecular formula is C13H12ClNO2. The number of rotatable bonds is 3. The van der Waals surface area contributed by atoms with Gasteiger partial charge in [-0.05, 0) is 47.9 Å². The molecule has 2 rings (SSSR count). The molecule has 1 N–H and O–H groups in total. The van der Waals surface area contributed by atoms with Crippen LogP contribution in [0.25, 0.3) is 0 Å². The predicted octanol–water partition coefficient (Wildman–Crippen LogP) is 3.75. The normalized spacial score (nSPS) is 10.2. The molecule has 0 saturated heterocycles. The zero-order chi connectivity index (χ0) is 12.3. The predicted molar refractivity (Wildman–Crippen MR) is 67.5 cm³/mol. The van der Waals surface area contributed by atoms with E-state index in [0.717, 1.165) is 12.1 Å². The van der Waals surface area contributed by atoms with Crippen LogP contribution in [0.2, 0.25) is 5.22 Å². The molecule has 2 aromatic rings. The van der Waals surface area contributed by atoms with Gasteiger partial charge in [0.15, 0.2) is 11.0 Å². The van der Waals surface area contributed by atoms with E-state index >= 15 is 0 Å². The molecule has 0 aliphatic carbocycles. The number of carbonyl (C=O) groups excluding carboxylic acids is 1. The molecule has 0 bridgehead atoms. The van der Waals surface area contributed by atoms with E-state index in [1.165, 1.54) is 5.56 Å². The Bertz CT molecular complexity index is 534. The van der Waals surface area contributed by atoms with Gasteiger partial charge in [-0.25, -0.2) is 0 Å². The largest absolute Gasteiger partial charge is 0.440 e. The number of halogens is 1. The molecule has 0 fully saturated rings. The van der Waals surface area contributed by atoms with Gasteiger partial charge in [-0.15, -0.1) is 0 Å². The van der Waals surface area contributed by atoms with Crippen molar-refractivity contribution in [2.24, 2.45) is 0 Å². The minimum atomic E-state index is -0.301. The smallest absolute Gasteiger partial charge is 0.291 e. The van der Waals surface area contributed by atoms with Gasteiger partial charge in [0.2, 0.25) is 0 Å². The second-order valence-electron chi connectivity index (χ2n) is 3.61. The van der Waals surface area contributed by atoms with E-state index in [-0.39, 0.29) is 16.9 Å². The fourth-order valence-electron chi connectivity index (χ4n) is 1.50. The summed E-state index contributed by atoms with van der Waals surface area (Å²) in [4.78, 5) is 11.8. The highest BCUT2D eigenvalue weighted by molar-refractivity contribution is 6.29. The van der Waals surface area contributed by atoms with E-state index in [9.17, 15) is 4.79 Å². The van der Waals surface area contributed by atoms with Gasteiger partial charge in [0, 0.05) is 5.69 Å². The summed E-state index contributed by atoms with van der Waals surface area (Å²) in [5.74, 6) is -0.0953. The number of amides is 1. The summed E-state index contributed by atoms with van der Waals surface area (Å²) in [5, 5.41) is 2.96. The lowest BCUT2D eigenvalue weighted by Crippen LogP contribution is -2.10. The van der Waals surface area contributed by atoms with Gasteiger partial charge in [0.25, 0.3) is 5.91 Å². The van der Waals surface area contributed by atoms with Crippen LogP contribution in [0.1, 0.15) is 23.0 Å². The fraction of sp³-hybridized carbons (Fsp3) is 0.154. The van der Waals surface area contributed by atoms with Crippen LogP contribution < -0.4 is 5.32 Å². The van der Waals surface area contributed by atoms with Gasteiger partial charge < -0.3 is 9.73 Å². The molecule has 0 radical (unpaired) electrons. The minimum Gasteiger partial charge on any atom is -0.440 e. The summed E-state index contributed by atoms with van der Waals surface area (Å²) >= 11 is 5.61. The van der Waals surface area contributed by atoms with Crippen molar-refractivity contribution in [1.29, 1.82) is 0 Å². The SMILES string of the molecule is CCc1cccc(NC(=O)c2ccc(Cl)o2)c1. The Kier molecular flexibility index (Phi) is 3.49. The first kappa shape index (κ1) is 11.7. The lowest BCUT2D eigenvalue weighted by molar-refractivity contribution is 0.0997. The van der Waals surface area contributed by atoms with Crippen molar-refractivity contribution in [3.05, 3.63) is 52.9 Å². The van der Waals surface area contributed by atoms with E-state index in [1.54, 1.807) is 12.1 Å². The summed E-state index contributed by atoms with van der Waals surface area (Å²) in [7, 11) is 0. The van der Waals surface area contributed by atoms with Gasteiger partial charge >= 0.3 is 0 Å². The van der Waals surface area contributed by atoms with Crippen molar-refractivity contribution in [2.45, 2.75) is 13.3 Å². The average Bonchev–Trinajstić information content (AvgIpc) is 2.76. The van der Waals surface area contributed by atoms with Crippen molar-refractivity contribution >= 4 is 23.2 Å². The number of carbonyl (C=O) groups is 1. The van der Waals surface area contributed by atoms with Crippen molar-refractivity contribution in [3.8, 4) is 0 Å². The number of hydrogen-bond acceptors (Lipinski definition) is 2. The molecule has 3 nitrogen and oxygen atoms in total. The first-order chi connectivity index (χ1) is 8.19. The van der Waals surface area contributed by atoms with Crippen LogP contribution in [0, 0.1) is 0 Å². The second kappa shape index (κ2) is 5.06. The topological polar surface area (TPSA) is 42.2 Å². The number of furan rings is 1. The minimum absolute atomic E-state index is 0.205. The molecule has 4 heteroatoms.